The van der Waals surface area contributed by atoms with Gasteiger partial charge < -0.3 is 4.98 Å². The Labute approximate surface area is 143 Å². The molecule has 0 saturated heterocycles. The molecular formula is C17H8F3N5O. The fraction of sp³-hybridized carbons (Fsp3) is 0.0588. The molecule has 128 valence electrons. The Morgan fingerprint density at radius 3 is 2.50 bits per heavy atom. The van der Waals surface area contributed by atoms with Gasteiger partial charge in [0.1, 0.15) is 0 Å². The number of rotatable bonds is 1. The average molecular weight is 355 g/mol. The van der Waals surface area contributed by atoms with Gasteiger partial charge in [0, 0.05) is 10.9 Å². The van der Waals surface area contributed by atoms with Crippen LogP contribution in [0.15, 0.2) is 47.3 Å². The molecule has 26 heavy (non-hydrogen) atoms. The number of halogens is 3. The molecule has 9 heteroatoms. The van der Waals surface area contributed by atoms with Gasteiger partial charge in [0.2, 0.25) is 0 Å². The lowest BCUT2D eigenvalue weighted by atomic mass is 10.1. The SMILES string of the molecule is N#Cc1ccc(-c2nc3c4cccc(C(F)(F)F)c4[nH]c(=O)n3n2)cc1. The van der Waals surface area contributed by atoms with E-state index in [9.17, 15) is 18.0 Å². The number of nitrogens with zero attached hydrogens (tertiary/aromatic N) is 4. The van der Waals surface area contributed by atoms with E-state index < -0.39 is 17.4 Å². The van der Waals surface area contributed by atoms with Crippen molar-refractivity contribution in [3.63, 3.8) is 0 Å². The topological polar surface area (TPSA) is 86.8 Å². The Bertz CT molecular complexity index is 1250. The number of alkyl halides is 3. The van der Waals surface area contributed by atoms with Crippen LogP contribution in [0.25, 0.3) is 27.9 Å². The highest BCUT2D eigenvalue weighted by atomic mass is 19.4. The second-order valence-electron chi connectivity index (χ2n) is 5.52. The minimum atomic E-state index is -4.61. The van der Waals surface area contributed by atoms with E-state index in [0.29, 0.717) is 11.1 Å². The van der Waals surface area contributed by atoms with Crippen LogP contribution in [0.1, 0.15) is 11.1 Å². The molecule has 0 radical (unpaired) electrons. The molecule has 4 aromatic rings. The number of H-pyrrole nitrogens is 1. The van der Waals surface area contributed by atoms with Gasteiger partial charge in [0.25, 0.3) is 0 Å². The third-order valence-corrected chi connectivity index (χ3v) is 3.91. The first-order chi connectivity index (χ1) is 12.4. The second-order valence-corrected chi connectivity index (χ2v) is 5.52. The van der Waals surface area contributed by atoms with Crippen LogP contribution in [0.2, 0.25) is 0 Å². The summed E-state index contributed by atoms with van der Waals surface area (Å²) in [4.78, 5) is 18.7. The maximum atomic E-state index is 13.2. The number of nitrogens with one attached hydrogen (secondary N) is 1. The standard InChI is InChI=1S/C17H8F3N5O/c18-17(19,20)12-3-1-2-11-13(12)22-16(26)25-15(11)23-14(24-25)10-6-4-9(8-21)5-7-10/h1-7H,(H,22,26). The highest BCUT2D eigenvalue weighted by Crippen LogP contribution is 2.34. The summed E-state index contributed by atoms with van der Waals surface area (Å²) in [6.07, 6.45) is -4.61. The Morgan fingerprint density at radius 1 is 1.12 bits per heavy atom. The van der Waals surface area contributed by atoms with Crippen LogP contribution in [-0.2, 0) is 6.18 Å². The van der Waals surface area contributed by atoms with Crippen LogP contribution in [0, 0.1) is 11.3 Å². The molecule has 0 fully saturated rings. The van der Waals surface area contributed by atoms with Crippen LogP contribution < -0.4 is 5.69 Å². The van der Waals surface area contributed by atoms with E-state index in [0.717, 1.165) is 10.6 Å². The summed E-state index contributed by atoms with van der Waals surface area (Å²) in [5.74, 6) is 0.171. The molecule has 0 unspecified atom stereocenters. The molecule has 2 heterocycles. The van der Waals surface area contributed by atoms with E-state index in [4.69, 9.17) is 5.26 Å². The molecule has 0 spiro atoms. The molecule has 2 aromatic carbocycles. The van der Waals surface area contributed by atoms with Crippen LogP contribution in [-0.4, -0.2) is 19.6 Å². The lowest BCUT2D eigenvalue weighted by Crippen LogP contribution is -2.19. The van der Waals surface area contributed by atoms with Crippen molar-refractivity contribution in [2.75, 3.05) is 0 Å². The number of fused-ring (bicyclic) bond motifs is 3. The summed E-state index contributed by atoms with van der Waals surface area (Å²) >= 11 is 0. The number of aromatic nitrogens is 4. The molecule has 6 nitrogen and oxygen atoms in total. The number of benzene rings is 2. The normalized spacial score (nSPS) is 11.8. The summed E-state index contributed by atoms with van der Waals surface area (Å²) in [5.41, 5.74) is -1.11. The Kier molecular flexibility index (Phi) is 3.30. The molecule has 0 atom stereocenters. The summed E-state index contributed by atoms with van der Waals surface area (Å²) in [6, 6.07) is 11.9. The first-order valence-electron chi connectivity index (χ1n) is 7.38. The quantitative estimate of drug-likeness (QED) is 0.568. The molecule has 0 saturated carbocycles. The van der Waals surface area contributed by atoms with Crippen molar-refractivity contribution in [3.8, 4) is 17.5 Å². The Hall–Kier alpha value is -3.67. The molecule has 0 amide bonds. The fourth-order valence-corrected chi connectivity index (χ4v) is 2.71. The van der Waals surface area contributed by atoms with Gasteiger partial charge in [-0.1, -0.05) is 6.07 Å². The predicted molar refractivity (Wildman–Crippen MR) is 86.3 cm³/mol. The highest BCUT2D eigenvalue weighted by molar-refractivity contribution is 5.93. The van der Waals surface area contributed by atoms with E-state index in [1.165, 1.54) is 12.1 Å². The monoisotopic (exact) mass is 355 g/mol. The lowest BCUT2D eigenvalue weighted by Gasteiger charge is -2.09. The number of hydrogen-bond donors (Lipinski definition) is 1. The van der Waals surface area contributed by atoms with Crippen molar-refractivity contribution in [3.05, 3.63) is 64.1 Å². The average Bonchev–Trinajstić information content (AvgIpc) is 3.07. The van der Waals surface area contributed by atoms with Crippen molar-refractivity contribution < 1.29 is 13.2 Å². The number of nitriles is 1. The van der Waals surface area contributed by atoms with Crippen LogP contribution in [0.4, 0.5) is 13.2 Å². The fourth-order valence-electron chi connectivity index (χ4n) is 2.71. The van der Waals surface area contributed by atoms with Gasteiger partial charge in [-0.05, 0) is 36.4 Å². The number of aromatic amines is 1. The largest absolute Gasteiger partial charge is 0.418 e. The predicted octanol–water partition coefficient (Wildman–Crippen LogP) is 3.13. The molecule has 1 N–H and O–H groups in total. The number of hydrogen-bond acceptors (Lipinski definition) is 4. The molecule has 2 aromatic heterocycles. The zero-order valence-corrected chi connectivity index (χ0v) is 12.9. The van der Waals surface area contributed by atoms with E-state index in [2.05, 4.69) is 15.1 Å². The van der Waals surface area contributed by atoms with Crippen molar-refractivity contribution in [2.45, 2.75) is 6.18 Å². The molecule has 4 rings (SSSR count). The summed E-state index contributed by atoms with van der Waals surface area (Å²) in [6.45, 7) is 0. The Morgan fingerprint density at radius 2 is 1.85 bits per heavy atom. The van der Waals surface area contributed by atoms with E-state index in [1.54, 1.807) is 24.3 Å². The van der Waals surface area contributed by atoms with Gasteiger partial charge in [0.15, 0.2) is 11.5 Å². The maximum Gasteiger partial charge on any atom is 0.418 e. The van der Waals surface area contributed by atoms with Gasteiger partial charge in [-0.15, -0.1) is 5.10 Å². The minimum Gasteiger partial charge on any atom is -0.305 e. The van der Waals surface area contributed by atoms with Crippen molar-refractivity contribution >= 4 is 16.6 Å². The van der Waals surface area contributed by atoms with Gasteiger partial charge in [0.05, 0.1) is 22.7 Å². The molecule has 0 aliphatic carbocycles. The highest BCUT2D eigenvalue weighted by Gasteiger charge is 2.33. The van der Waals surface area contributed by atoms with Crippen molar-refractivity contribution in [1.29, 1.82) is 5.26 Å². The molecular weight excluding hydrogens is 347 g/mol. The van der Waals surface area contributed by atoms with E-state index >= 15 is 0 Å². The molecule has 0 bridgehead atoms. The minimum absolute atomic E-state index is 0.0224. The molecule has 0 aliphatic heterocycles. The first kappa shape index (κ1) is 15.8. The molecule has 0 aliphatic rings. The third-order valence-electron chi connectivity index (χ3n) is 3.91. The van der Waals surface area contributed by atoms with Crippen LogP contribution in [0.3, 0.4) is 0 Å². The number of para-hydroxylation sites is 1. The zero-order valence-electron chi connectivity index (χ0n) is 12.9. The van der Waals surface area contributed by atoms with Crippen molar-refractivity contribution in [1.82, 2.24) is 19.6 Å². The third kappa shape index (κ3) is 2.39. The van der Waals surface area contributed by atoms with E-state index in [-0.39, 0.29) is 22.4 Å². The second kappa shape index (κ2) is 5.42. The summed E-state index contributed by atoms with van der Waals surface area (Å²) < 4.78 is 40.5. The smallest absolute Gasteiger partial charge is 0.305 e. The summed E-state index contributed by atoms with van der Waals surface area (Å²) in [5, 5.41) is 13.0. The van der Waals surface area contributed by atoms with Crippen LogP contribution >= 0.6 is 0 Å². The van der Waals surface area contributed by atoms with Crippen LogP contribution in [0.5, 0.6) is 0 Å². The van der Waals surface area contributed by atoms with Gasteiger partial charge in [-0.3, -0.25) is 0 Å². The van der Waals surface area contributed by atoms with E-state index in [1.807, 2.05) is 6.07 Å². The first-order valence-corrected chi connectivity index (χ1v) is 7.38. The van der Waals surface area contributed by atoms with Gasteiger partial charge in [-0.2, -0.15) is 22.9 Å². The van der Waals surface area contributed by atoms with Gasteiger partial charge >= 0.3 is 11.9 Å². The Balaban J connectivity index is 2.01. The van der Waals surface area contributed by atoms with Crippen molar-refractivity contribution in [2.24, 2.45) is 0 Å². The summed E-state index contributed by atoms with van der Waals surface area (Å²) in [7, 11) is 0. The zero-order chi connectivity index (χ0) is 18.5. The van der Waals surface area contributed by atoms with Gasteiger partial charge in [-0.25, -0.2) is 9.78 Å². The lowest BCUT2D eigenvalue weighted by molar-refractivity contribution is -0.136. The maximum absolute atomic E-state index is 13.2.